The summed E-state index contributed by atoms with van der Waals surface area (Å²) in [6, 6.07) is 12.6. The number of rotatable bonds is 7. The zero-order valence-electron chi connectivity index (χ0n) is 13.0. The molecule has 0 bridgehead atoms. The van der Waals surface area contributed by atoms with Crippen molar-refractivity contribution in [3.8, 4) is 11.5 Å². The van der Waals surface area contributed by atoms with Crippen LogP contribution in [0.3, 0.4) is 0 Å². The smallest absolute Gasteiger partial charge is 0.255 e. The summed E-state index contributed by atoms with van der Waals surface area (Å²) in [5.74, 6) is 0.993. The first-order valence-electron chi connectivity index (χ1n) is 7.00. The highest BCUT2D eigenvalue weighted by atomic mass is 127. The van der Waals surface area contributed by atoms with Gasteiger partial charge in [0, 0.05) is 28.0 Å². The van der Waals surface area contributed by atoms with Crippen LogP contribution in [0.2, 0.25) is 0 Å². The van der Waals surface area contributed by atoms with E-state index in [1.54, 1.807) is 44.6 Å². The predicted molar refractivity (Wildman–Crippen MR) is 97.5 cm³/mol. The molecule has 0 saturated heterocycles. The molecule has 0 aliphatic rings. The Morgan fingerprint density at radius 2 is 1.78 bits per heavy atom. The average molecular weight is 427 g/mol. The first kappa shape index (κ1) is 17.6. The van der Waals surface area contributed by atoms with E-state index in [9.17, 15) is 4.79 Å². The molecule has 2 aromatic carbocycles. The second kappa shape index (κ2) is 8.73. The summed E-state index contributed by atoms with van der Waals surface area (Å²) in [5, 5.41) is 2.85. The van der Waals surface area contributed by atoms with E-state index in [1.165, 1.54) is 0 Å². The number of nitrogens with one attached hydrogen (secondary N) is 1. The fraction of sp³-hybridized carbons (Fsp3) is 0.235. The van der Waals surface area contributed by atoms with Crippen molar-refractivity contribution in [1.82, 2.24) is 0 Å². The molecular weight excluding hydrogens is 409 g/mol. The predicted octanol–water partition coefficient (Wildman–Crippen LogP) is 3.58. The third-order valence-corrected chi connectivity index (χ3v) is 3.79. The summed E-state index contributed by atoms with van der Waals surface area (Å²) in [7, 11) is 3.18. The lowest BCUT2D eigenvalue weighted by atomic mass is 10.2. The molecule has 0 saturated carbocycles. The zero-order valence-corrected chi connectivity index (χ0v) is 15.1. The zero-order chi connectivity index (χ0) is 16.7. The van der Waals surface area contributed by atoms with Crippen molar-refractivity contribution >= 4 is 34.2 Å². The molecule has 1 N–H and O–H groups in total. The fourth-order valence-corrected chi connectivity index (χ4v) is 2.27. The minimum atomic E-state index is -0.172. The Bertz CT molecular complexity index is 658. The van der Waals surface area contributed by atoms with Gasteiger partial charge in [-0.25, -0.2) is 0 Å². The number of carbonyl (C=O) groups excluding carboxylic acids is 1. The molecule has 0 atom stereocenters. The van der Waals surface area contributed by atoms with Crippen molar-refractivity contribution in [3.05, 3.63) is 51.6 Å². The molecule has 0 fully saturated rings. The number of ether oxygens (including phenoxy) is 3. The van der Waals surface area contributed by atoms with Crippen LogP contribution in [0, 0.1) is 3.57 Å². The van der Waals surface area contributed by atoms with Crippen LogP contribution in [0.5, 0.6) is 11.5 Å². The molecule has 0 unspecified atom stereocenters. The molecule has 2 rings (SSSR count). The van der Waals surface area contributed by atoms with Crippen LogP contribution in [-0.2, 0) is 4.74 Å². The number of amides is 1. The Hall–Kier alpha value is -1.80. The molecule has 23 heavy (non-hydrogen) atoms. The van der Waals surface area contributed by atoms with Crippen molar-refractivity contribution in [2.45, 2.75) is 0 Å². The van der Waals surface area contributed by atoms with Gasteiger partial charge in [0.1, 0.15) is 6.61 Å². The van der Waals surface area contributed by atoms with Crippen LogP contribution in [0.4, 0.5) is 5.69 Å². The van der Waals surface area contributed by atoms with E-state index < -0.39 is 0 Å². The quantitative estimate of drug-likeness (QED) is 0.542. The van der Waals surface area contributed by atoms with Crippen molar-refractivity contribution in [3.63, 3.8) is 0 Å². The molecular formula is C17H18INO4. The first-order chi connectivity index (χ1) is 11.1. The molecule has 0 aromatic heterocycles. The lowest BCUT2D eigenvalue weighted by molar-refractivity contribution is 0.102. The molecule has 0 heterocycles. The summed E-state index contributed by atoms with van der Waals surface area (Å²) < 4.78 is 16.9. The summed E-state index contributed by atoms with van der Waals surface area (Å²) >= 11 is 2.20. The van der Waals surface area contributed by atoms with Crippen molar-refractivity contribution < 1.29 is 19.0 Å². The van der Waals surface area contributed by atoms with E-state index in [0.29, 0.717) is 36.0 Å². The number of hydrogen-bond donors (Lipinski definition) is 1. The van der Waals surface area contributed by atoms with Gasteiger partial charge in [-0.3, -0.25) is 4.79 Å². The van der Waals surface area contributed by atoms with Gasteiger partial charge in [-0.1, -0.05) is 0 Å². The Morgan fingerprint density at radius 3 is 2.43 bits per heavy atom. The summed E-state index contributed by atoms with van der Waals surface area (Å²) in [5.41, 5.74) is 1.24. The Labute approximate surface area is 149 Å². The van der Waals surface area contributed by atoms with Gasteiger partial charge in [-0.2, -0.15) is 0 Å². The molecule has 5 nitrogen and oxygen atoms in total. The van der Waals surface area contributed by atoms with E-state index in [0.717, 1.165) is 3.57 Å². The maximum Gasteiger partial charge on any atom is 0.255 e. The Kier molecular flexibility index (Phi) is 6.66. The van der Waals surface area contributed by atoms with Gasteiger partial charge in [0.2, 0.25) is 0 Å². The van der Waals surface area contributed by atoms with E-state index in [-0.39, 0.29) is 5.91 Å². The molecule has 122 valence electrons. The van der Waals surface area contributed by atoms with Crippen LogP contribution >= 0.6 is 22.6 Å². The third kappa shape index (κ3) is 5.11. The lowest BCUT2D eigenvalue weighted by Crippen LogP contribution is -2.12. The van der Waals surface area contributed by atoms with Crippen molar-refractivity contribution in [1.29, 1.82) is 0 Å². The van der Waals surface area contributed by atoms with Gasteiger partial charge >= 0.3 is 0 Å². The number of halogens is 1. The highest BCUT2D eigenvalue weighted by molar-refractivity contribution is 14.1. The monoisotopic (exact) mass is 427 g/mol. The molecule has 2 aromatic rings. The van der Waals surface area contributed by atoms with Crippen LogP contribution in [0.25, 0.3) is 0 Å². The molecule has 0 radical (unpaired) electrons. The summed E-state index contributed by atoms with van der Waals surface area (Å²) in [6.45, 7) is 0.879. The molecule has 0 aliphatic heterocycles. The van der Waals surface area contributed by atoms with Gasteiger partial charge in [-0.05, 0) is 59.0 Å². The maximum atomic E-state index is 12.2. The van der Waals surface area contributed by atoms with E-state index >= 15 is 0 Å². The van der Waals surface area contributed by atoms with Gasteiger partial charge < -0.3 is 19.5 Å². The normalized spacial score (nSPS) is 10.2. The van der Waals surface area contributed by atoms with Crippen LogP contribution < -0.4 is 14.8 Å². The maximum absolute atomic E-state index is 12.2. The average Bonchev–Trinajstić information content (AvgIpc) is 2.56. The van der Waals surface area contributed by atoms with Gasteiger partial charge in [-0.15, -0.1) is 0 Å². The lowest BCUT2D eigenvalue weighted by Gasteiger charge is -2.13. The second-order valence-corrected chi connectivity index (χ2v) is 5.91. The Morgan fingerprint density at radius 1 is 1.04 bits per heavy atom. The second-order valence-electron chi connectivity index (χ2n) is 4.67. The highest BCUT2D eigenvalue weighted by Crippen LogP contribution is 2.30. The van der Waals surface area contributed by atoms with Crippen molar-refractivity contribution in [2.75, 3.05) is 32.8 Å². The number of anilines is 1. The summed E-state index contributed by atoms with van der Waals surface area (Å²) in [4.78, 5) is 12.2. The largest absolute Gasteiger partial charge is 0.493 e. The van der Waals surface area contributed by atoms with E-state index in [1.807, 2.05) is 12.1 Å². The molecule has 6 heteroatoms. The van der Waals surface area contributed by atoms with Gasteiger partial charge in [0.05, 0.1) is 13.7 Å². The minimum absolute atomic E-state index is 0.172. The first-order valence-corrected chi connectivity index (χ1v) is 8.08. The number of carbonyl (C=O) groups is 1. The fourth-order valence-electron chi connectivity index (χ4n) is 1.91. The number of methoxy groups -OCH3 is 2. The number of benzene rings is 2. The minimum Gasteiger partial charge on any atom is -0.493 e. The van der Waals surface area contributed by atoms with Crippen LogP contribution in [0.1, 0.15) is 10.4 Å². The highest BCUT2D eigenvalue weighted by Gasteiger charge is 2.10. The van der Waals surface area contributed by atoms with E-state index in [2.05, 4.69) is 27.9 Å². The number of hydrogen-bond acceptors (Lipinski definition) is 4. The SMILES string of the molecule is COCCOc1cc(NC(=O)c2ccc(I)cc2)ccc1OC. The Balaban J connectivity index is 2.11. The van der Waals surface area contributed by atoms with Crippen LogP contribution in [0.15, 0.2) is 42.5 Å². The topological polar surface area (TPSA) is 56.8 Å². The van der Waals surface area contributed by atoms with Gasteiger partial charge in [0.15, 0.2) is 11.5 Å². The van der Waals surface area contributed by atoms with Crippen LogP contribution in [-0.4, -0.2) is 33.3 Å². The molecule has 1 amide bonds. The third-order valence-electron chi connectivity index (χ3n) is 3.07. The standard InChI is InChI=1S/C17H18INO4/c1-21-9-10-23-16-11-14(7-8-15(16)22-2)19-17(20)12-3-5-13(18)6-4-12/h3-8,11H,9-10H2,1-2H3,(H,19,20). The van der Waals surface area contributed by atoms with Crippen molar-refractivity contribution in [2.24, 2.45) is 0 Å². The summed E-state index contributed by atoms with van der Waals surface area (Å²) in [6.07, 6.45) is 0. The molecule has 0 spiro atoms. The van der Waals surface area contributed by atoms with E-state index in [4.69, 9.17) is 14.2 Å². The van der Waals surface area contributed by atoms with Gasteiger partial charge in [0.25, 0.3) is 5.91 Å². The molecule has 0 aliphatic carbocycles.